The van der Waals surface area contributed by atoms with Gasteiger partial charge in [0.15, 0.2) is 0 Å². The van der Waals surface area contributed by atoms with E-state index in [4.69, 9.17) is 13.9 Å². The van der Waals surface area contributed by atoms with E-state index in [0.29, 0.717) is 17.3 Å². The molecule has 0 aliphatic carbocycles. The van der Waals surface area contributed by atoms with Gasteiger partial charge in [-0.2, -0.15) is 0 Å². The van der Waals surface area contributed by atoms with Crippen molar-refractivity contribution >= 4 is 12.0 Å². The first kappa shape index (κ1) is 17.5. The molecular formula is C21H19NO4. The van der Waals surface area contributed by atoms with E-state index in [2.05, 4.69) is 4.98 Å². The molecular weight excluding hydrogens is 330 g/mol. The highest BCUT2D eigenvalue weighted by molar-refractivity contribution is 5.87. The Balaban J connectivity index is 1.61. The molecule has 0 spiro atoms. The van der Waals surface area contributed by atoms with E-state index in [9.17, 15) is 4.79 Å². The zero-order valence-corrected chi connectivity index (χ0v) is 14.6. The molecule has 0 unspecified atom stereocenters. The van der Waals surface area contributed by atoms with Gasteiger partial charge >= 0.3 is 5.97 Å². The van der Waals surface area contributed by atoms with E-state index in [0.717, 1.165) is 16.9 Å². The Morgan fingerprint density at radius 3 is 2.73 bits per heavy atom. The number of esters is 1. The largest absolute Gasteiger partial charge is 0.497 e. The summed E-state index contributed by atoms with van der Waals surface area (Å²) in [7, 11) is 1.60. The van der Waals surface area contributed by atoms with Gasteiger partial charge in [-0.05, 0) is 42.8 Å². The normalized spacial score (nSPS) is 10.8. The minimum absolute atomic E-state index is 0.0590. The van der Waals surface area contributed by atoms with Crippen LogP contribution in [0.4, 0.5) is 0 Å². The quantitative estimate of drug-likeness (QED) is 0.487. The van der Waals surface area contributed by atoms with Gasteiger partial charge in [0.05, 0.1) is 7.11 Å². The van der Waals surface area contributed by atoms with Crippen LogP contribution in [0.5, 0.6) is 5.75 Å². The maximum Gasteiger partial charge on any atom is 0.331 e. The molecule has 0 aliphatic rings. The molecule has 2 aromatic carbocycles. The average Bonchev–Trinajstić information content (AvgIpc) is 3.06. The van der Waals surface area contributed by atoms with Crippen LogP contribution in [0.25, 0.3) is 17.5 Å². The van der Waals surface area contributed by atoms with Crippen molar-refractivity contribution in [3.8, 4) is 17.2 Å². The van der Waals surface area contributed by atoms with E-state index in [-0.39, 0.29) is 6.61 Å². The second-order valence-corrected chi connectivity index (χ2v) is 5.61. The van der Waals surface area contributed by atoms with Crippen LogP contribution in [0.2, 0.25) is 0 Å². The second kappa shape index (κ2) is 8.16. The van der Waals surface area contributed by atoms with Crippen LogP contribution in [-0.4, -0.2) is 18.1 Å². The first-order valence-corrected chi connectivity index (χ1v) is 8.16. The van der Waals surface area contributed by atoms with Gasteiger partial charge in [0.2, 0.25) is 5.89 Å². The summed E-state index contributed by atoms with van der Waals surface area (Å²) in [6.07, 6.45) is 3.05. The molecule has 1 aromatic heterocycles. The van der Waals surface area contributed by atoms with Crippen molar-refractivity contribution in [2.75, 3.05) is 7.11 Å². The zero-order chi connectivity index (χ0) is 18.4. The van der Waals surface area contributed by atoms with Crippen molar-refractivity contribution < 1.29 is 18.7 Å². The first-order valence-electron chi connectivity index (χ1n) is 8.16. The first-order chi connectivity index (χ1) is 12.7. The summed E-state index contributed by atoms with van der Waals surface area (Å²) in [4.78, 5) is 16.3. The number of hydrogen-bond acceptors (Lipinski definition) is 5. The third-order valence-electron chi connectivity index (χ3n) is 3.77. The zero-order valence-electron chi connectivity index (χ0n) is 14.6. The van der Waals surface area contributed by atoms with Crippen LogP contribution in [0, 0.1) is 6.92 Å². The third kappa shape index (κ3) is 4.39. The van der Waals surface area contributed by atoms with E-state index >= 15 is 0 Å². The van der Waals surface area contributed by atoms with Crippen molar-refractivity contribution in [1.29, 1.82) is 0 Å². The van der Waals surface area contributed by atoms with Gasteiger partial charge in [-0.1, -0.05) is 30.3 Å². The second-order valence-electron chi connectivity index (χ2n) is 5.61. The average molecular weight is 349 g/mol. The molecule has 0 atom stereocenters. The van der Waals surface area contributed by atoms with Gasteiger partial charge in [-0.3, -0.25) is 0 Å². The molecule has 0 amide bonds. The lowest BCUT2D eigenvalue weighted by Gasteiger charge is -2.01. The van der Waals surface area contributed by atoms with Crippen LogP contribution in [0.15, 0.2) is 65.1 Å². The van der Waals surface area contributed by atoms with Crippen LogP contribution in [-0.2, 0) is 16.1 Å². The molecule has 5 nitrogen and oxygen atoms in total. The third-order valence-corrected chi connectivity index (χ3v) is 3.77. The number of oxazole rings is 1. The number of aryl methyl sites for hydroxylation is 1. The minimum Gasteiger partial charge on any atom is -0.497 e. The molecule has 0 saturated carbocycles. The van der Waals surface area contributed by atoms with E-state index in [1.807, 2.05) is 54.6 Å². The molecule has 0 aliphatic heterocycles. The summed E-state index contributed by atoms with van der Waals surface area (Å²) in [6, 6.07) is 17.0. The molecule has 5 heteroatoms. The summed E-state index contributed by atoms with van der Waals surface area (Å²) in [5.41, 5.74) is 2.34. The Morgan fingerprint density at radius 1 is 1.15 bits per heavy atom. The van der Waals surface area contributed by atoms with E-state index in [1.165, 1.54) is 6.08 Å². The number of benzene rings is 2. The summed E-state index contributed by atoms with van der Waals surface area (Å²) < 4.78 is 16.1. The molecule has 3 rings (SSSR count). The fourth-order valence-corrected chi connectivity index (χ4v) is 2.36. The fourth-order valence-electron chi connectivity index (χ4n) is 2.36. The molecule has 0 radical (unpaired) electrons. The molecule has 0 bridgehead atoms. The number of nitrogens with zero attached hydrogens (tertiary/aromatic N) is 1. The number of rotatable bonds is 6. The van der Waals surface area contributed by atoms with Crippen molar-refractivity contribution in [1.82, 2.24) is 4.98 Å². The molecule has 132 valence electrons. The SMILES string of the molecule is COc1cccc(/C=C/C(=O)OCc2nc(-c3ccccc3)oc2C)c1. The molecule has 3 aromatic rings. The van der Waals surface area contributed by atoms with Gasteiger partial charge in [0.1, 0.15) is 23.8 Å². The fraction of sp³-hybridized carbons (Fsp3) is 0.143. The lowest BCUT2D eigenvalue weighted by atomic mass is 10.2. The van der Waals surface area contributed by atoms with Crippen LogP contribution >= 0.6 is 0 Å². The van der Waals surface area contributed by atoms with Crippen molar-refractivity contribution in [2.24, 2.45) is 0 Å². The standard InChI is InChI=1S/C21H19NO4/c1-15-19(22-21(26-15)17-8-4-3-5-9-17)14-25-20(23)12-11-16-7-6-10-18(13-16)24-2/h3-13H,14H2,1-2H3/b12-11+. The highest BCUT2D eigenvalue weighted by Gasteiger charge is 2.12. The molecule has 26 heavy (non-hydrogen) atoms. The van der Waals surface area contributed by atoms with Gasteiger partial charge in [-0.15, -0.1) is 0 Å². The molecule has 1 heterocycles. The Morgan fingerprint density at radius 2 is 1.96 bits per heavy atom. The summed E-state index contributed by atoms with van der Waals surface area (Å²) in [6.45, 7) is 1.86. The van der Waals surface area contributed by atoms with Gasteiger partial charge in [0, 0.05) is 11.6 Å². The van der Waals surface area contributed by atoms with E-state index in [1.54, 1.807) is 20.1 Å². The Bertz CT molecular complexity index is 913. The number of carbonyl (C=O) groups is 1. The van der Waals surface area contributed by atoms with Crippen molar-refractivity contribution in [3.05, 3.63) is 77.7 Å². The number of methoxy groups -OCH3 is 1. The monoisotopic (exact) mass is 349 g/mol. The predicted octanol–water partition coefficient (Wildman–Crippen LogP) is 4.42. The van der Waals surface area contributed by atoms with Gasteiger partial charge in [-0.25, -0.2) is 9.78 Å². The lowest BCUT2D eigenvalue weighted by molar-refractivity contribution is -0.139. The van der Waals surface area contributed by atoms with Gasteiger partial charge in [0.25, 0.3) is 0 Å². The number of carbonyl (C=O) groups excluding carboxylic acids is 1. The summed E-state index contributed by atoms with van der Waals surface area (Å²) >= 11 is 0. The minimum atomic E-state index is -0.448. The van der Waals surface area contributed by atoms with Crippen molar-refractivity contribution in [2.45, 2.75) is 13.5 Å². The van der Waals surface area contributed by atoms with Crippen LogP contribution in [0.1, 0.15) is 17.0 Å². The Hall–Kier alpha value is -3.34. The van der Waals surface area contributed by atoms with E-state index < -0.39 is 5.97 Å². The Kier molecular flexibility index (Phi) is 5.49. The molecule has 0 saturated heterocycles. The molecule has 0 fully saturated rings. The van der Waals surface area contributed by atoms with Crippen LogP contribution in [0.3, 0.4) is 0 Å². The van der Waals surface area contributed by atoms with Crippen molar-refractivity contribution in [3.63, 3.8) is 0 Å². The highest BCUT2D eigenvalue weighted by atomic mass is 16.5. The lowest BCUT2D eigenvalue weighted by Crippen LogP contribution is -2.02. The maximum absolute atomic E-state index is 11.9. The Labute approximate surface area is 151 Å². The highest BCUT2D eigenvalue weighted by Crippen LogP contribution is 2.21. The van der Waals surface area contributed by atoms with Gasteiger partial charge < -0.3 is 13.9 Å². The number of hydrogen-bond donors (Lipinski definition) is 0. The van der Waals surface area contributed by atoms with Crippen LogP contribution < -0.4 is 4.74 Å². The number of aromatic nitrogens is 1. The smallest absolute Gasteiger partial charge is 0.331 e. The topological polar surface area (TPSA) is 61.6 Å². The summed E-state index contributed by atoms with van der Waals surface area (Å²) in [5, 5.41) is 0. The predicted molar refractivity (Wildman–Crippen MR) is 98.5 cm³/mol. The maximum atomic E-state index is 11.9. The number of ether oxygens (including phenoxy) is 2. The summed E-state index contributed by atoms with van der Waals surface area (Å²) in [5.74, 6) is 1.43. The molecule has 0 N–H and O–H groups in total.